The molecule has 23 heavy (non-hydrogen) atoms. The minimum Gasteiger partial charge on any atom is -0.288 e. The molecule has 1 aromatic heterocycles. The van der Waals surface area contributed by atoms with Crippen molar-refractivity contribution in [1.29, 1.82) is 0 Å². The lowest BCUT2D eigenvalue weighted by Crippen LogP contribution is -2.00. The van der Waals surface area contributed by atoms with Crippen LogP contribution in [0.2, 0.25) is 0 Å². The molecule has 0 radical (unpaired) electrons. The average Bonchev–Trinajstić information content (AvgIpc) is 3.15. The molecule has 4 rings (SSSR count). The van der Waals surface area contributed by atoms with Crippen molar-refractivity contribution in [3.8, 4) is 11.3 Å². The van der Waals surface area contributed by atoms with Gasteiger partial charge in [0.25, 0.3) is 0 Å². The number of nitrogens with one attached hydrogen (secondary N) is 1. The molecule has 0 fully saturated rings. The molecule has 0 amide bonds. The number of hydrogen-bond acceptors (Lipinski definition) is 3. The molecule has 110 valence electrons. The summed E-state index contributed by atoms with van der Waals surface area (Å²) in [5.74, 6) is -0.461. The maximum Gasteiger partial charge on any atom is 0.197 e. The standard InChI is InChI=1S/C19H12N2O2/c22-18-14-8-4-5-9-15(14)19(23)16(18)10-13-11-20-21-17(13)12-6-2-1-3-7-12/h1-11H,(H,20,21). The van der Waals surface area contributed by atoms with Gasteiger partial charge in [0.05, 0.1) is 17.5 Å². The second-order valence-corrected chi connectivity index (χ2v) is 5.33. The molecule has 3 aromatic rings. The third-order valence-electron chi connectivity index (χ3n) is 3.94. The number of fused-ring (bicyclic) bond motifs is 1. The number of hydrogen-bond donors (Lipinski definition) is 1. The Kier molecular flexibility index (Phi) is 3.01. The van der Waals surface area contributed by atoms with Crippen molar-refractivity contribution in [2.24, 2.45) is 0 Å². The Bertz CT molecular complexity index is 915. The van der Waals surface area contributed by atoms with Crippen LogP contribution in [0.5, 0.6) is 0 Å². The number of aromatic nitrogens is 2. The number of ketones is 2. The van der Waals surface area contributed by atoms with E-state index in [4.69, 9.17) is 0 Å². The van der Waals surface area contributed by atoms with Gasteiger partial charge in [-0.15, -0.1) is 0 Å². The molecule has 0 bridgehead atoms. The van der Waals surface area contributed by atoms with E-state index in [9.17, 15) is 9.59 Å². The zero-order valence-electron chi connectivity index (χ0n) is 12.1. The van der Waals surface area contributed by atoms with E-state index >= 15 is 0 Å². The van der Waals surface area contributed by atoms with Crippen LogP contribution in [-0.2, 0) is 0 Å². The number of nitrogens with zero attached hydrogens (tertiary/aromatic N) is 1. The molecule has 0 spiro atoms. The van der Waals surface area contributed by atoms with E-state index in [-0.39, 0.29) is 17.1 Å². The van der Waals surface area contributed by atoms with E-state index in [2.05, 4.69) is 10.2 Å². The summed E-state index contributed by atoms with van der Waals surface area (Å²) in [6.07, 6.45) is 3.25. The summed E-state index contributed by atoms with van der Waals surface area (Å²) in [6.45, 7) is 0. The van der Waals surface area contributed by atoms with Crippen LogP contribution in [0.15, 0.2) is 66.4 Å². The molecule has 1 aliphatic rings. The lowest BCUT2D eigenvalue weighted by atomic mass is 10.0. The Morgan fingerprint density at radius 3 is 2.09 bits per heavy atom. The molecule has 0 unspecified atom stereocenters. The molecule has 1 heterocycles. The summed E-state index contributed by atoms with van der Waals surface area (Å²) < 4.78 is 0. The molecule has 4 nitrogen and oxygen atoms in total. The topological polar surface area (TPSA) is 62.8 Å². The zero-order chi connectivity index (χ0) is 15.8. The molecule has 0 atom stereocenters. The van der Waals surface area contributed by atoms with Crippen molar-refractivity contribution in [3.05, 3.63) is 83.1 Å². The minimum atomic E-state index is -0.231. The van der Waals surface area contributed by atoms with Crippen molar-refractivity contribution in [3.63, 3.8) is 0 Å². The maximum absolute atomic E-state index is 12.5. The van der Waals surface area contributed by atoms with Gasteiger partial charge in [-0.3, -0.25) is 14.7 Å². The van der Waals surface area contributed by atoms with E-state index in [0.717, 1.165) is 16.8 Å². The zero-order valence-corrected chi connectivity index (χ0v) is 12.1. The number of carbonyl (C=O) groups is 2. The number of H-pyrrole nitrogens is 1. The van der Waals surface area contributed by atoms with Crippen molar-refractivity contribution in [2.75, 3.05) is 0 Å². The molecular formula is C19H12N2O2. The average molecular weight is 300 g/mol. The molecule has 1 N–H and O–H groups in total. The van der Waals surface area contributed by atoms with Gasteiger partial charge in [0.1, 0.15) is 0 Å². The number of carbonyl (C=O) groups excluding carboxylic acids is 2. The van der Waals surface area contributed by atoms with E-state index in [1.54, 1.807) is 36.5 Å². The highest BCUT2D eigenvalue weighted by Gasteiger charge is 2.32. The SMILES string of the molecule is O=C1C(=Cc2cn[nH]c2-c2ccccc2)C(=O)c2ccccc21. The van der Waals surface area contributed by atoms with Gasteiger partial charge in [-0.1, -0.05) is 54.6 Å². The lowest BCUT2D eigenvalue weighted by molar-refractivity contribution is 0.0990. The van der Waals surface area contributed by atoms with Gasteiger partial charge in [-0.05, 0) is 6.08 Å². The van der Waals surface area contributed by atoms with E-state index in [1.807, 2.05) is 30.3 Å². The van der Waals surface area contributed by atoms with Gasteiger partial charge in [0, 0.05) is 22.3 Å². The molecule has 2 aromatic carbocycles. The van der Waals surface area contributed by atoms with Crippen LogP contribution in [0.25, 0.3) is 17.3 Å². The molecule has 4 heteroatoms. The first kappa shape index (κ1) is 13.4. The van der Waals surface area contributed by atoms with Crippen molar-refractivity contribution >= 4 is 17.6 Å². The summed E-state index contributed by atoms with van der Waals surface area (Å²) in [5, 5.41) is 6.98. The number of benzene rings is 2. The van der Waals surface area contributed by atoms with E-state index < -0.39 is 0 Å². The van der Waals surface area contributed by atoms with Gasteiger partial charge in [0.2, 0.25) is 0 Å². The molecular weight excluding hydrogens is 288 g/mol. The Morgan fingerprint density at radius 2 is 1.43 bits per heavy atom. The summed E-state index contributed by atoms with van der Waals surface area (Å²) >= 11 is 0. The smallest absolute Gasteiger partial charge is 0.197 e. The van der Waals surface area contributed by atoms with Crippen LogP contribution in [0.3, 0.4) is 0 Å². The van der Waals surface area contributed by atoms with Crippen LogP contribution < -0.4 is 0 Å². The Balaban J connectivity index is 1.81. The van der Waals surface area contributed by atoms with Gasteiger partial charge < -0.3 is 0 Å². The number of aromatic amines is 1. The highest BCUT2D eigenvalue weighted by Crippen LogP contribution is 2.30. The quantitative estimate of drug-likeness (QED) is 0.581. The first-order chi connectivity index (χ1) is 11.3. The van der Waals surface area contributed by atoms with Crippen molar-refractivity contribution < 1.29 is 9.59 Å². The maximum atomic E-state index is 12.5. The number of rotatable bonds is 2. The molecule has 0 saturated heterocycles. The second kappa shape index (κ2) is 5.18. The lowest BCUT2D eigenvalue weighted by Gasteiger charge is -2.00. The van der Waals surface area contributed by atoms with Gasteiger partial charge >= 0.3 is 0 Å². The van der Waals surface area contributed by atoms with Crippen LogP contribution in [0, 0.1) is 0 Å². The van der Waals surface area contributed by atoms with Crippen molar-refractivity contribution in [2.45, 2.75) is 0 Å². The Morgan fingerprint density at radius 1 is 0.826 bits per heavy atom. The van der Waals surface area contributed by atoms with Crippen LogP contribution in [0.4, 0.5) is 0 Å². The fourth-order valence-electron chi connectivity index (χ4n) is 2.80. The highest BCUT2D eigenvalue weighted by molar-refractivity contribution is 6.41. The third-order valence-corrected chi connectivity index (χ3v) is 3.94. The first-order valence-corrected chi connectivity index (χ1v) is 7.24. The summed E-state index contributed by atoms with van der Waals surface area (Å²) in [6, 6.07) is 16.6. The molecule has 0 aliphatic heterocycles. The second-order valence-electron chi connectivity index (χ2n) is 5.33. The first-order valence-electron chi connectivity index (χ1n) is 7.24. The number of allylic oxidation sites excluding steroid dienone is 1. The van der Waals surface area contributed by atoms with Crippen molar-refractivity contribution in [1.82, 2.24) is 10.2 Å². The fourth-order valence-corrected chi connectivity index (χ4v) is 2.80. The summed E-state index contributed by atoms with van der Waals surface area (Å²) in [4.78, 5) is 24.9. The predicted octanol–water partition coefficient (Wildman–Crippen LogP) is 3.54. The highest BCUT2D eigenvalue weighted by atomic mass is 16.2. The predicted molar refractivity (Wildman–Crippen MR) is 87.1 cm³/mol. The monoisotopic (exact) mass is 300 g/mol. The van der Waals surface area contributed by atoms with Gasteiger partial charge in [-0.25, -0.2) is 0 Å². The third kappa shape index (κ3) is 2.12. The van der Waals surface area contributed by atoms with E-state index in [1.165, 1.54) is 0 Å². The number of Topliss-reactive ketones (excluding diaryl/α,β-unsaturated/α-hetero) is 2. The summed E-state index contributed by atoms with van der Waals surface area (Å²) in [5.41, 5.74) is 3.58. The fraction of sp³-hybridized carbons (Fsp3) is 0. The molecule has 0 saturated carbocycles. The van der Waals surface area contributed by atoms with Crippen LogP contribution >= 0.6 is 0 Å². The minimum absolute atomic E-state index is 0.185. The Hall–Kier alpha value is -3.27. The normalized spacial score (nSPS) is 13.3. The van der Waals surface area contributed by atoms with Gasteiger partial charge in [-0.2, -0.15) is 5.10 Å². The largest absolute Gasteiger partial charge is 0.288 e. The Labute approximate surface area is 132 Å². The van der Waals surface area contributed by atoms with Crippen LogP contribution in [0.1, 0.15) is 26.3 Å². The van der Waals surface area contributed by atoms with E-state index in [0.29, 0.717) is 11.1 Å². The molecule has 1 aliphatic carbocycles. The summed E-state index contributed by atoms with van der Waals surface area (Å²) in [7, 11) is 0. The van der Waals surface area contributed by atoms with Gasteiger partial charge in [0.15, 0.2) is 11.6 Å². The van der Waals surface area contributed by atoms with Crippen LogP contribution in [-0.4, -0.2) is 21.8 Å².